The van der Waals surface area contributed by atoms with Crippen LogP contribution in [0.2, 0.25) is 0 Å². The number of aromatic nitrogens is 1. The van der Waals surface area contributed by atoms with Crippen LogP contribution in [0, 0.1) is 5.92 Å². The SMILES string of the molecule is O=C(C1CC1)N1CCN(c2nc(-c3ccsc3)cs2)CC1. The molecule has 0 spiro atoms. The Labute approximate surface area is 132 Å². The normalized spacial score (nSPS) is 19.0. The van der Waals surface area contributed by atoms with E-state index >= 15 is 0 Å². The number of rotatable bonds is 3. The second-order valence-corrected chi connectivity index (χ2v) is 7.23. The lowest BCUT2D eigenvalue weighted by Crippen LogP contribution is -2.49. The van der Waals surface area contributed by atoms with Crippen LogP contribution >= 0.6 is 22.7 Å². The summed E-state index contributed by atoms with van der Waals surface area (Å²) < 4.78 is 0. The summed E-state index contributed by atoms with van der Waals surface area (Å²) >= 11 is 3.40. The van der Waals surface area contributed by atoms with Crippen LogP contribution < -0.4 is 4.90 Å². The predicted molar refractivity (Wildman–Crippen MR) is 86.9 cm³/mol. The molecule has 3 heterocycles. The van der Waals surface area contributed by atoms with Gasteiger partial charge in [0.05, 0.1) is 5.69 Å². The van der Waals surface area contributed by atoms with E-state index in [2.05, 4.69) is 27.1 Å². The van der Waals surface area contributed by atoms with Gasteiger partial charge in [0.15, 0.2) is 5.13 Å². The molecule has 6 heteroatoms. The molecule has 1 amide bonds. The van der Waals surface area contributed by atoms with Gasteiger partial charge in [-0.05, 0) is 24.3 Å². The third kappa shape index (κ3) is 2.70. The van der Waals surface area contributed by atoms with Crippen molar-refractivity contribution in [3.05, 3.63) is 22.2 Å². The smallest absolute Gasteiger partial charge is 0.225 e. The first-order valence-electron chi connectivity index (χ1n) is 7.33. The van der Waals surface area contributed by atoms with Gasteiger partial charge in [0.1, 0.15) is 0 Å². The minimum absolute atomic E-state index is 0.335. The van der Waals surface area contributed by atoms with Crippen LogP contribution in [0.4, 0.5) is 5.13 Å². The third-order valence-electron chi connectivity index (χ3n) is 4.10. The molecule has 110 valence electrons. The van der Waals surface area contributed by atoms with Crippen molar-refractivity contribution in [3.8, 4) is 11.3 Å². The maximum Gasteiger partial charge on any atom is 0.225 e. The van der Waals surface area contributed by atoms with Gasteiger partial charge in [0, 0.05) is 48.4 Å². The molecule has 2 aromatic rings. The highest BCUT2D eigenvalue weighted by molar-refractivity contribution is 7.14. The molecule has 4 rings (SSSR count). The Morgan fingerprint density at radius 2 is 2.00 bits per heavy atom. The van der Waals surface area contributed by atoms with E-state index < -0.39 is 0 Å². The topological polar surface area (TPSA) is 36.4 Å². The van der Waals surface area contributed by atoms with Crippen molar-refractivity contribution in [2.24, 2.45) is 5.92 Å². The lowest BCUT2D eigenvalue weighted by atomic mass is 10.2. The van der Waals surface area contributed by atoms with E-state index in [9.17, 15) is 4.79 Å². The predicted octanol–water partition coefficient (Wildman–Crippen LogP) is 2.93. The third-order valence-corrected chi connectivity index (χ3v) is 5.68. The van der Waals surface area contributed by atoms with Crippen LogP contribution in [0.3, 0.4) is 0 Å². The fourth-order valence-electron chi connectivity index (χ4n) is 2.66. The summed E-state index contributed by atoms with van der Waals surface area (Å²) in [6.45, 7) is 3.47. The number of thiophene rings is 1. The molecule has 4 nitrogen and oxygen atoms in total. The highest BCUT2D eigenvalue weighted by Crippen LogP contribution is 2.32. The zero-order valence-corrected chi connectivity index (χ0v) is 13.3. The van der Waals surface area contributed by atoms with E-state index in [1.165, 1.54) is 5.56 Å². The van der Waals surface area contributed by atoms with Crippen LogP contribution in [0.1, 0.15) is 12.8 Å². The Balaban J connectivity index is 1.41. The van der Waals surface area contributed by atoms with Crippen LogP contribution in [0.5, 0.6) is 0 Å². The summed E-state index contributed by atoms with van der Waals surface area (Å²) in [5.41, 5.74) is 2.26. The number of anilines is 1. The van der Waals surface area contributed by atoms with Gasteiger partial charge in [0.25, 0.3) is 0 Å². The first-order valence-corrected chi connectivity index (χ1v) is 9.15. The second-order valence-electron chi connectivity index (χ2n) is 5.61. The Kier molecular flexibility index (Phi) is 3.43. The van der Waals surface area contributed by atoms with E-state index in [0.717, 1.165) is 49.8 Å². The summed E-state index contributed by atoms with van der Waals surface area (Å²) in [7, 11) is 0. The molecule has 0 radical (unpaired) electrons. The molecule has 0 atom stereocenters. The molecule has 2 aliphatic rings. The number of carbonyl (C=O) groups is 1. The van der Waals surface area contributed by atoms with Crippen molar-refractivity contribution in [3.63, 3.8) is 0 Å². The summed E-state index contributed by atoms with van der Waals surface area (Å²) in [5, 5.41) is 7.41. The minimum atomic E-state index is 0.335. The second kappa shape index (κ2) is 5.42. The molecule has 1 saturated carbocycles. The van der Waals surface area contributed by atoms with Gasteiger partial charge in [-0.2, -0.15) is 11.3 Å². The van der Waals surface area contributed by atoms with Gasteiger partial charge in [-0.15, -0.1) is 11.3 Å². The molecule has 0 aromatic carbocycles. The fraction of sp³-hybridized carbons (Fsp3) is 0.467. The van der Waals surface area contributed by atoms with E-state index in [0.29, 0.717) is 11.8 Å². The largest absolute Gasteiger partial charge is 0.345 e. The standard InChI is InChI=1S/C15H17N3OS2/c19-14(11-1-2-11)17-4-6-18(7-5-17)15-16-13(10-21-15)12-3-8-20-9-12/h3,8-11H,1-2,4-7H2. The molecular weight excluding hydrogens is 302 g/mol. The van der Waals surface area contributed by atoms with Crippen LogP contribution in [0.15, 0.2) is 22.2 Å². The van der Waals surface area contributed by atoms with Gasteiger partial charge in [-0.25, -0.2) is 4.98 Å². The maximum absolute atomic E-state index is 12.1. The minimum Gasteiger partial charge on any atom is -0.345 e. The summed E-state index contributed by atoms with van der Waals surface area (Å²) in [6.07, 6.45) is 2.19. The molecule has 0 N–H and O–H groups in total. The van der Waals surface area contributed by atoms with E-state index in [1.54, 1.807) is 22.7 Å². The van der Waals surface area contributed by atoms with Crippen molar-refractivity contribution in [2.75, 3.05) is 31.1 Å². The molecule has 2 fully saturated rings. The number of nitrogens with zero attached hydrogens (tertiary/aromatic N) is 3. The number of thiazole rings is 1. The van der Waals surface area contributed by atoms with Crippen LogP contribution in [-0.4, -0.2) is 42.0 Å². The van der Waals surface area contributed by atoms with Crippen molar-refractivity contribution >= 4 is 33.7 Å². The Morgan fingerprint density at radius 3 is 2.67 bits per heavy atom. The molecule has 1 saturated heterocycles. The van der Waals surface area contributed by atoms with E-state index in [1.807, 2.05) is 4.90 Å². The number of carbonyl (C=O) groups excluding carboxylic acids is 1. The summed E-state index contributed by atoms with van der Waals surface area (Å²) in [4.78, 5) is 21.1. The lowest BCUT2D eigenvalue weighted by molar-refractivity contribution is -0.132. The average Bonchev–Trinajstić information content (AvgIpc) is 3.03. The molecule has 1 aliphatic heterocycles. The van der Waals surface area contributed by atoms with Crippen molar-refractivity contribution in [1.82, 2.24) is 9.88 Å². The van der Waals surface area contributed by atoms with Crippen LogP contribution in [-0.2, 0) is 4.79 Å². The van der Waals surface area contributed by atoms with Crippen molar-refractivity contribution in [1.29, 1.82) is 0 Å². The van der Waals surface area contributed by atoms with E-state index in [-0.39, 0.29) is 0 Å². The Morgan fingerprint density at radius 1 is 1.19 bits per heavy atom. The van der Waals surface area contributed by atoms with Gasteiger partial charge >= 0.3 is 0 Å². The Hall–Kier alpha value is -1.40. The molecule has 0 bridgehead atoms. The molecule has 0 unspecified atom stereocenters. The zero-order valence-electron chi connectivity index (χ0n) is 11.7. The number of hydrogen-bond acceptors (Lipinski definition) is 5. The monoisotopic (exact) mass is 319 g/mol. The summed E-state index contributed by atoms with van der Waals surface area (Å²) in [5.74, 6) is 0.703. The molecule has 1 aliphatic carbocycles. The van der Waals surface area contributed by atoms with Gasteiger partial charge in [-0.3, -0.25) is 4.79 Å². The first-order chi connectivity index (χ1) is 10.3. The highest BCUT2D eigenvalue weighted by atomic mass is 32.1. The molecule has 2 aromatic heterocycles. The average molecular weight is 319 g/mol. The summed E-state index contributed by atoms with van der Waals surface area (Å²) in [6, 6.07) is 2.11. The van der Waals surface area contributed by atoms with Gasteiger partial charge in [0.2, 0.25) is 5.91 Å². The zero-order chi connectivity index (χ0) is 14.2. The van der Waals surface area contributed by atoms with E-state index in [4.69, 9.17) is 4.98 Å². The molecule has 21 heavy (non-hydrogen) atoms. The van der Waals surface area contributed by atoms with Crippen LogP contribution in [0.25, 0.3) is 11.3 Å². The quantitative estimate of drug-likeness (QED) is 0.873. The number of hydrogen-bond donors (Lipinski definition) is 0. The highest BCUT2D eigenvalue weighted by Gasteiger charge is 2.34. The van der Waals surface area contributed by atoms with Crippen molar-refractivity contribution in [2.45, 2.75) is 12.8 Å². The first kappa shape index (κ1) is 13.3. The Bertz CT molecular complexity index is 625. The number of piperazine rings is 1. The fourth-order valence-corrected chi connectivity index (χ4v) is 4.20. The maximum atomic E-state index is 12.1. The van der Waals surface area contributed by atoms with Gasteiger partial charge < -0.3 is 9.80 Å². The van der Waals surface area contributed by atoms with Gasteiger partial charge in [-0.1, -0.05) is 0 Å². The van der Waals surface area contributed by atoms with Crippen molar-refractivity contribution < 1.29 is 4.79 Å². The lowest BCUT2D eigenvalue weighted by Gasteiger charge is -2.34. The molecular formula is C15H17N3OS2. The number of amides is 1.